The average Bonchev–Trinajstić information content (AvgIpc) is 3.24. The summed E-state index contributed by atoms with van der Waals surface area (Å²) in [4.78, 5) is 28.4. The minimum atomic E-state index is -0.897. The molecule has 5 rings (SSSR count). The van der Waals surface area contributed by atoms with Crippen molar-refractivity contribution in [3.63, 3.8) is 0 Å². The molecule has 218 valence electrons. The molecule has 0 saturated carbocycles. The highest BCUT2D eigenvalue weighted by atomic mass is 16.6. The molecular weight excluding hydrogens is 534 g/mol. The molecule has 0 bridgehead atoms. The number of benzene rings is 4. The standard InChI is InChI=1S/C37H37N3O3/c1-26-21-23-31(24-22-26)34-27(2)39(32(35(41)43-37(3,4)5)25-28-15-9-6-10-16-28)36(42)40(34)38-33(29-17-11-7-12-18-29)30-19-13-8-14-20-30/h6-24,32H,25H2,1-5H3/t32-/m0/s1. The lowest BCUT2D eigenvalue weighted by atomic mass is 10.0. The summed E-state index contributed by atoms with van der Waals surface area (Å²) in [6.45, 7) is 9.39. The molecule has 4 aromatic carbocycles. The van der Waals surface area contributed by atoms with Gasteiger partial charge in [0.2, 0.25) is 0 Å². The highest BCUT2D eigenvalue weighted by Gasteiger charge is 2.32. The smallest absolute Gasteiger partial charge is 0.350 e. The number of imidazole rings is 1. The Morgan fingerprint density at radius 3 is 1.79 bits per heavy atom. The van der Waals surface area contributed by atoms with Crippen molar-refractivity contribution in [1.82, 2.24) is 9.24 Å². The molecule has 0 unspecified atom stereocenters. The van der Waals surface area contributed by atoms with E-state index in [1.165, 1.54) is 4.68 Å². The lowest BCUT2D eigenvalue weighted by Gasteiger charge is -2.25. The molecule has 6 heteroatoms. The van der Waals surface area contributed by atoms with Crippen LogP contribution in [-0.2, 0) is 16.0 Å². The fraction of sp³-hybridized carbons (Fsp3) is 0.216. The summed E-state index contributed by atoms with van der Waals surface area (Å²) < 4.78 is 8.87. The van der Waals surface area contributed by atoms with Crippen LogP contribution in [0.15, 0.2) is 125 Å². The SMILES string of the molecule is Cc1ccc(-c2c(C)n([C@@H](Cc3ccccc3)C(=O)OC(C)(C)C)c(=O)n2N=C(c2ccccc2)c2ccccc2)cc1. The number of rotatable bonds is 8. The number of carbonyl (C=O) groups is 1. The highest BCUT2D eigenvalue weighted by Crippen LogP contribution is 2.28. The van der Waals surface area contributed by atoms with E-state index in [4.69, 9.17) is 9.84 Å². The third-order valence-electron chi connectivity index (χ3n) is 7.18. The van der Waals surface area contributed by atoms with Gasteiger partial charge in [0, 0.05) is 28.8 Å². The molecule has 1 aromatic heterocycles. The molecule has 0 aliphatic carbocycles. The molecular formula is C37H37N3O3. The minimum absolute atomic E-state index is 0.293. The van der Waals surface area contributed by atoms with Crippen molar-refractivity contribution in [2.75, 3.05) is 0 Å². The number of hydrogen-bond acceptors (Lipinski definition) is 4. The molecule has 43 heavy (non-hydrogen) atoms. The maximum atomic E-state index is 14.6. The van der Waals surface area contributed by atoms with Gasteiger partial charge < -0.3 is 4.74 Å². The van der Waals surface area contributed by atoms with Gasteiger partial charge in [-0.1, -0.05) is 121 Å². The highest BCUT2D eigenvalue weighted by molar-refractivity contribution is 6.12. The monoisotopic (exact) mass is 571 g/mol. The molecule has 1 atom stereocenters. The largest absolute Gasteiger partial charge is 0.458 e. The average molecular weight is 572 g/mol. The van der Waals surface area contributed by atoms with E-state index in [9.17, 15) is 9.59 Å². The normalized spacial score (nSPS) is 12.0. The summed E-state index contributed by atoms with van der Waals surface area (Å²) in [5, 5.41) is 5.05. The van der Waals surface area contributed by atoms with Gasteiger partial charge in [-0.05, 0) is 40.2 Å². The van der Waals surface area contributed by atoms with E-state index in [1.807, 2.05) is 150 Å². The van der Waals surface area contributed by atoms with Crippen LogP contribution in [0.4, 0.5) is 0 Å². The zero-order valence-corrected chi connectivity index (χ0v) is 25.3. The van der Waals surface area contributed by atoms with E-state index in [-0.39, 0.29) is 0 Å². The quantitative estimate of drug-likeness (QED) is 0.144. The summed E-state index contributed by atoms with van der Waals surface area (Å²) >= 11 is 0. The predicted octanol–water partition coefficient (Wildman–Crippen LogP) is 7.36. The number of hydrogen-bond donors (Lipinski definition) is 0. The van der Waals surface area contributed by atoms with E-state index < -0.39 is 23.3 Å². The fourth-order valence-electron chi connectivity index (χ4n) is 5.17. The minimum Gasteiger partial charge on any atom is -0.458 e. The number of aryl methyl sites for hydroxylation is 1. The topological polar surface area (TPSA) is 65.6 Å². The molecule has 0 aliphatic heterocycles. The zero-order chi connectivity index (χ0) is 30.6. The van der Waals surface area contributed by atoms with Crippen molar-refractivity contribution in [3.05, 3.63) is 154 Å². The van der Waals surface area contributed by atoms with Gasteiger partial charge in [-0.15, -0.1) is 0 Å². The first-order chi connectivity index (χ1) is 20.6. The second-order valence-corrected chi connectivity index (χ2v) is 11.7. The Morgan fingerprint density at radius 1 is 0.767 bits per heavy atom. The molecule has 0 saturated heterocycles. The fourth-order valence-corrected chi connectivity index (χ4v) is 5.17. The Balaban J connectivity index is 1.79. The number of nitrogens with zero attached hydrogens (tertiary/aromatic N) is 3. The van der Waals surface area contributed by atoms with Gasteiger partial charge in [0.25, 0.3) is 0 Å². The zero-order valence-electron chi connectivity index (χ0n) is 25.3. The van der Waals surface area contributed by atoms with Gasteiger partial charge >= 0.3 is 11.7 Å². The lowest BCUT2D eigenvalue weighted by Crippen LogP contribution is -2.37. The first-order valence-corrected chi connectivity index (χ1v) is 14.5. The Hall–Kier alpha value is -4.97. The Labute approximate surface area is 252 Å². The van der Waals surface area contributed by atoms with Gasteiger partial charge in [-0.2, -0.15) is 9.78 Å². The van der Waals surface area contributed by atoms with Crippen LogP contribution in [0.2, 0.25) is 0 Å². The first kappa shape index (κ1) is 29.5. The summed E-state index contributed by atoms with van der Waals surface area (Å²) in [6.07, 6.45) is 0.293. The van der Waals surface area contributed by atoms with Crippen molar-refractivity contribution in [1.29, 1.82) is 0 Å². The molecule has 0 fully saturated rings. The number of esters is 1. The van der Waals surface area contributed by atoms with Crippen LogP contribution in [0, 0.1) is 13.8 Å². The summed E-state index contributed by atoms with van der Waals surface area (Å²) in [7, 11) is 0. The number of ether oxygens (including phenoxy) is 1. The van der Waals surface area contributed by atoms with Crippen LogP contribution in [-0.4, -0.2) is 26.5 Å². The van der Waals surface area contributed by atoms with Crippen molar-refractivity contribution in [2.45, 2.75) is 52.7 Å². The van der Waals surface area contributed by atoms with Crippen LogP contribution in [0.25, 0.3) is 11.3 Å². The molecule has 0 amide bonds. The predicted molar refractivity (Wildman–Crippen MR) is 173 cm³/mol. The molecule has 0 N–H and O–H groups in total. The molecule has 6 nitrogen and oxygen atoms in total. The summed E-state index contributed by atoms with van der Waals surface area (Å²) in [5.41, 5.74) is 5.34. The Kier molecular flexibility index (Phi) is 8.58. The van der Waals surface area contributed by atoms with Crippen LogP contribution in [0.3, 0.4) is 0 Å². The van der Waals surface area contributed by atoms with Gasteiger partial charge in [0.05, 0.1) is 11.4 Å². The number of aromatic nitrogens is 2. The molecule has 1 heterocycles. The third-order valence-corrected chi connectivity index (χ3v) is 7.18. The van der Waals surface area contributed by atoms with Crippen LogP contribution >= 0.6 is 0 Å². The van der Waals surface area contributed by atoms with E-state index in [0.29, 0.717) is 23.5 Å². The maximum Gasteiger partial charge on any atom is 0.350 e. The van der Waals surface area contributed by atoms with Crippen molar-refractivity contribution in [3.8, 4) is 11.3 Å². The van der Waals surface area contributed by atoms with E-state index in [2.05, 4.69) is 0 Å². The third kappa shape index (κ3) is 6.75. The second-order valence-electron chi connectivity index (χ2n) is 11.7. The molecule has 0 radical (unpaired) electrons. The Bertz CT molecular complexity index is 1740. The van der Waals surface area contributed by atoms with Crippen molar-refractivity contribution in [2.24, 2.45) is 5.10 Å². The van der Waals surface area contributed by atoms with Gasteiger partial charge in [0.15, 0.2) is 0 Å². The van der Waals surface area contributed by atoms with E-state index in [1.54, 1.807) is 4.57 Å². The molecule has 0 spiro atoms. The van der Waals surface area contributed by atoms with Gasteiger partial charge in [-0.25, -0.2) is 9.59 Å². The van der Waals surface area contributed by atoms with Crippen LogP contribution in [0.1, 0.15) is 54.8 Å². The van der Waals surface area contributed by atoms with Crippen molar-refractivity contribution >= 4 is 11.7 Å². The number of carbonyl (C=O) groups excluding carboxylic acids is 1. The molecule has 0 aliphatic rings. The maximum absolute atomic E-state index is 14.6. The van der Waals surface area contributed by atoms with Crippen molar-refractivity contribution < 1.29 is 9.53 Å². The van der Waals surface area contributed by atoms with Crippen LogP contribution in [0.5, 0.6) is 0 Å². The second kappa shape index (κ2) is 12.5. The lowest BCUT2D eigenvalue weighted by molar-refractivity contribution is -0.159. The summed E-state index contributed by atoms with van der Waals surface area (Å²) in [6, 6.07) is 36.4. The van der Waals surface area contributed by atoms with E-state index in [0.717, 1.165) is 27.8 Å². The summed E-state index contributed by atoms with van der Waals surface area (Å²) in [5.74, 6) is -0.468. The van der Waals surface area contributed by atoms with Gasteiger partial charge in [0.1, 0.15) is 11.6 Å². The Morgan fingerprint density at radius 2 is 1.28 bits per heavy atom. The van der Waals surface area contributed by atoms with Gasteiger partial charge in [-0.3, -0.25) is 4.57 Å². The van der Waals surface area contributed by atoms with Crippen LogP contribution < -0.4 is 5.69 Å². The van der Waals surface area contributed by atoms with E-state index >= 15 is 0 Å². The molecule has 5 aromatic rings. The first-order valence-electron chi connectivity index (χ1n) is 14.5.